The fraction of sp³-hybridized carbons (Fsp3) is 0.375. The summed E-state index contributed by atoms with van der Waals surface area (Å²) in [6, 6.07) is 4.22. The van der Waals surface area contributed by atoms with Gasteiger partial charge in [-0.1, -0.05) is 0 Å². The molecular weight excluding hydrogens is 336 g/mol. The van der Waals surface area contributed by atoms with E-state index in [2.05, 4.69) is 36.1 Å². The third kappa shape index (κ3) is 2.85. The summed E-state index contributed by atoms with van der Waals surface area (Å²) in [6.07, 6.45) is 3.68. The predicted molar refractivity (Wildman–Crippen MR) is 98.4 cm³/mol. The molecule has 0 amide bonds. The maximum absolute atomic E-state index is 9.50. The highest BCUT2D eigenvalue weighted by Crippen LogP contribution is 2.25. The number of rotatable bonds is 4. The van der Waals surface area contributed by atoms with E-state index in [1.807, 2.05) is 29.0 Å². The molecule has 4 heterocycles. The first-order valence-electron chi connectivity index (χ1n) is 8.22. The lowest BCUT2D eigenvalue weighted by Crippen LogP contribution is -2.47. The van der Waals surface area contributed by atoms with E-state index in [1.165, 1.54) is 0 Å². The molecule has 1 saturated heterocycles. The van der Waals surface area contributed by atoms with Crippen molar-refractivity contribution in [3.05, 3.63) is 29.5 Å². The number of fused-ring (bicyclic) bond motifs is 1. The summed E-state index contributed by atoms with van der Waals surface area (Å²) in [4.78, 5) is 18.7. The summed E-state index contributed by atoms with van der Waals surface area (Å²) in [5.41, 5.74) is 0.612. The van der Waals surface area contributed by atoms with Gasteiger partial charge in [0, 0.05) is 50.5 Å². The monoisotopic (exact) mass is 354 g/mol. The fourth-order valence-electron chi connectivity index (χ4n) is 3.01. The van der Waals surface area contributed by atoms with Crippen molar-refractivity contribution in [1.29, 1.82) is 5.26 Å². The molecule has 3 aromatic heterocycles. The van der Waals surface area contributed by atoms with Crippen molar-refractivity contribution in [2.75, 3.05) is 47.8 Å². The van der Waals surface area contributed by atoms with E-state index in [9.17, 15) is 5.26 Å². The highest BCUT2D eigenvalue weighted by Gasteiger charge is 2.24. The van der Waals surface area contributed by atoms with Crippen LogP contribution in [0.3, 0.4) is 0 Å². The first-order chi connectivity index (χ1) is 12.3. The molecule has 1 N–H and O–H groups in total. The van der Waals surface area contributed by atoms with Gasteiger partial charge in [-0.2, -0.15) is 15.2 Å². The van der Waals surface area contributed by atoms with Crippen molar-refractivity contribution in [1.82, 2.24) is 19.4 Å². The second-order valence-electron chi connectivity index (χ2n) is 5.69. The van der Waals surface area contributed by atoms with E-state index >= 15 is 0 Å². The standard InChI is InChI=1S/C16H18N8S/c1-2-18-15-19-4-3-13(20-15)22-5-7-23(8-6-22)14-12(11-17)24-9-10-25-16(24)21-14/h3-4,9-10H,2,5-8H2,1H3,(H,18,19,20). The van der Waals surface area contributed by atoms with Crippen LogP contribution in [0.25, 0.3) is 4.96 Å². The third-order valence-corrected chi connectivity index (χ3v) is 4.99. The van der Waals surface area contributed by atoms with E-state index in [1.54, 1.807) is 17.5 Å². The minimum absolute atomic E-state index is 0.612. The molecular formula is C16H18N8S. The zero-order valence-corrected chi connectivity index (χ0v) is 14.7. The SMILES string of the molecule is CCNc1nccc(N2CCN(c3nc4sccn4c3C#N)CC2)n1. The zero-order chi connectivity index (χ0) is 17.2. The maximum atomic E-state index is 9.50. The number of aromatic nitrogens is 4. The molecule has 1 aliphatic rings. The molecule has 0 unspecified atom stereocenters. The van der Waals surface area contributed by atoms with Gasteiger partial charge in [-0.25, -0.2) is 4.98 Å². The summed E-state index contributed by atoms with van der Waals surface area (Å²) in [6.45, 7) is 6.10. The van der Waals surface area contributed by atoms with Crippen molar-refractivity contribution in [2.24, 2.45) is 0 Å². The quantitative estimate of drug-likeness (QED) is 0.765. The van der Waals surface area contributed by atoms with Crippen LogP contribution in [0.1, 0.15) is 12.6 Å². The lowest BCUT2D eigenvalue weighted by Gasteiger charge is -2.35. The zero-order valence-electron chi connectivity index (χ0n) is 13.9. The molecule has 0 spiro atoms. The predicted octanol–water partition coefficient (Wildman–Crippen LogP) is 1.82. The molecule has 0 saturated carbocycles. The molecule has 0 radical (unpaired) electrons. The van der Waals surface area contributed by atoms with Crippen LogP contribution in [-0.4, -0.2) is 52.1 Å². The van der Waals surface area contributed by atoms with Crippen LogP contribution < -0.4 is 15.1 Å². The van der Waals surface area contributed by atoms with Gasteiger partial charge >= 0.3 is 0 Å². The molecule has 0 bridgehead atoms. The summed E-state index contributed by atoms with van der Waals surface area (Å²) in [5, 5.41) is 14.6. The summed E-state index contributed by atoms with van der Waals surface area (Å²) < 4.78 is 1.86. The van der Waals surface area contributed by atoms with Crippen LogP contribution in [0.5, 0.6) is 0 Å². The molecule has 0 aromatic carbocycles. The number of nitrogens with one attached hydrogen (secondary N) is 1. The van der Waals surface area contributed by atoms with Gasteiger partial charge in [0.1, 0.15) is 11.9 Å². The molecule has 25 heavy (non-hydrogen) atoms. The van der Waals surface area contributed by atoms with Gasteiger partial charge in [-0.05, 0) is 13.0 Å². The Morgan fingerprint density at radius 1 is 1.24 bits per heavy atom. The molecule has 8 nitrogen and oxygen atoms in total. The molecule has 0 atom stereocenters. The minimum Gasteiger partial charge on any atom is -0.354 e. The van der Waals surface area contributed by atoms with Crippen LogP contribution in [0, 0.1) is 11.3 Å². The number of nitriles is 1. The number of piperazine rings is 1. The summed E-state index contributed by atoms with van der Waals surface area (Å²) in [7, 11) is 0. The van der Waals surface area contributed by atoms with Crippen LogP contribution in [0.2, 0.25) is 0 Å². The Balaban J connectivity index is 1.50. The van der Waals surface area contributed by atoms with Crippen molar-refractivity contribution in [3.8, 4) is 6.07 Å². The van der Waals surface area contributed by atoms with Gasteiger partial charge in [0.05, 0.1) is 0 Å². The Morgan fingerprint density at radius 2 is 2.04 bits per heavy atom. The molecule has 9 heteroatoms. The molecule has 1 aliphatic heterocycles. The van der Waals surface area contributed by atoms with Gasteiger partial charge in [0.15, 0.2) is 16.5 Å². The second-order valence-corrected chi connectivity index (χ2v) is 6.57. The molecule has 0 aliphatic carbocycles. The maximum Gasteiger partial charge on any atom is 0.224 e. The fourth-order valence-corrected chi connectivity index (χ4v) is 3.72. The van der Waals surface area contributed by atoms with Crippen LogP contribution in [0.4, 0.5) is 17.6 Å². The average Bonchev–Trinajstić information content (AvgIpc) is 3.23. The lowest BCUT2D eigenvalue weighted by atomic mass is 10.3. The Labute approximate surface area is 149 Å². The summed E-state index contributed by atoms with van der Waals surface area (Å²) >= 11 is 1.55. The van der Waals surface area contributed by atoms with Crippen molar-refractivity contribution < 1.29 is 0 Å². The molecule has 3 aromatic rings. The lowest BCUT2D eigenvalue weighted by molar-refractivity contribution is 0.642. The largest absolute Gasteiger partial charge is 0.354 e. The minimum atomic E-state index is 0.612. The molecule has 128 valence electrons. The van der Waals surface area contributed by atoms with Crippen LogP contribution in [-0.2, 0) is 0 Å². The van der Waals surface area contributed by atoms with Gasteiger partial charge in [0.25, 0.3) is 0 Å². The average molecular weight is 354 g/mol. The van der Waals surface area contributed by atoms with Gasteiger partial charge < -0.3 is 15.1 Å². The number of hydrogen-bond donors (Lipinski definition) is 1. The Morgan fingerprint density at radius 3 is 2.80 bits per heavy atom. The number of hydrogen-bond acceptors (Lipinski definition) is 8. The number of anilines is 3. The number of imidazole rings is 1. The Bertz CT molecular complexity index is 916. The highest BCUT2D eigenvalue weighted by atomic mass is 32.1. The number of thiazole rings is 1. The van der Waals surface area contributed by atoms with Gasteiger partial charge in [0.2, 0.25) is 5.95 Å². The van der Waals surface area contributed by atoms with E-state index in [0.29, 0.717) is 11.6 Å². The van der Waals surface area contributed by atoms with E-state index in [-0.39, 0.29) is 0 Å². The van der Waals surface area contributed by atoms with E-state index < -0.39 is 0 Å². The van der Waals surface area contributed by atoms with Crippen molar-refractivity contribution >= 4 is 33.9 Å². The highest BCUT2D eigenvalue weighted by molar-refractivity contribution is 7.15. The molecule has 1 fully saturated rings. The first kappa shape index (κ1) is 15.7. The van der Waals surface area contributed by atoms with E-state index in [0.717, 1.165) is 49.3 Å². The normalized spacial score (nSPS) is 14.7. The van der Waals surface area contributed by atoms with Crippen molar-refractivity contribution in [2.45, 2.75) is 6.92 Å². The smallest absolute Gasteiger partial charge is 0.224 e. The van der Waals surface area contributed by atoms with Crippen LogP contribution >= 0.6 is 11.3 Å². The van der Waals surface area contributed by atoms with Crippen molar-refractivity contribution in [3.63, 3.8) is 0 Å². The first-order valence-corrected chi connectivity index (χ1v) is 9.10. The topological polar surface area (TPSA) is 85.4 Å². The summed E-state index contributed by atoms with van der Waals surface area (Å²) in [5.74, 6) is 2.37. The second kappa shape index (κ2) is 6.57. The Kier molecular flexibility index (Phi) is 4.11. The third-order valence-electron chi connectivity index (χ3n) is 4.23. The number of nitrogens with zero attached hydrogens (tertiary/aromatic N) is 7. The van der Waals surface area contributed by atoms with Gasteiger partial charge in [-0.15, -0.1) is 11.3 Å². The Hall–Kier alpha value is -2.86. The molecule has 4 rings (SSSR count). The van der Waals surface area contributed by atoms with Crippen LogP contribution in [0.15, 0.2) is 23.8 Å². The van der Waals surface area contributed by atoms with Gasteiger partial charge in [-0.3, -0.25) is 4.40 Å². The van der Waals surface area contributed by atoms with E-state index in [4.69, 9.17) is 0 Å².